The summed E-state index contributed by atoms with van der Waals surface area (Å²) >= 11 is 0. The first-order chi connectivity index (χ1) is 15.6. The molecule has 168 valence electrons. The number of amides is 1. The van der Waals surface area contributed by atoms with E-state index in [0.29, 0.717) is 17.7 Å². The standard InChI is InChI=1S/C27H32FN3O/c28-22-7-5-19(6-8-22)17-20-13-15-31(16-14-20)24-11-9-23(10-12-24)29-27(32)26-18-21-3-1-2-4-25(21)30-26/h1-8,18,20,23-24,30H,9-17H2,(H,29,32). The van der Waals surface area contributed by atoms with Crippen LogP contribution in [0.5, 0.6) is 0 Å². The van der Waals surface area contributed by atoms with Gasteiger partial charge in [0.1, 0.15) is 11.5 Å². The summed E-state index contributed by atoms with van der Waals surface area (Å²) in [5.41, 5.74) is 2.90. The number of nitrogens with one attached hydrogen (secondary N) is 2. The predicted octanol–water partition coefficient (Wildman–Crippen LogP) is 5.30. The van der Waals surface area contributed by atoms with Crippen molar-refractivity contribution >= 4 is 16.8 Å². The zero-order valence-electron chi connectivity index (χ0n) is 18.5. The molecule has 0 radical (unpaired) electrons. The number of benzene rings is 2. The number of hydrogen-bond donors (Lipinski definition) is 2. The van der Waals surface area contributed by atoms with Crippen LogP contribution in [0.25, 0.3) is 10.9 Å². The third-order valence-electron chi connectivity index (χ3n) is 7.41. The van der Waals surface area contributed by atoms with E-state index in [1.807, 2.05) is 42.5 Å². The normalized spacial score (nSPS) is 22.8. The summed E-state index contributed by atoms with van der Waals surface area (Å²) in [6, 6.07) is 17.8. The molecule has 3 aromatic rings. The maximum absolute atomic E-state index is 13.1. The molecule has 1 aromatic heterocycles. The van der Waals surface area contributed by atoms with E-state index >= 15 is 0 Å². The van der Waals surface area contributed by atoms with Crippen LogP contribution in [-0.4, -0.2) is 41.0 Å². The maximum atomic E-state index is 13.1. The summed E-state index contributed by atoms with van der Waals surface area (Å²) in [5.74, 6) is 0.548. The van der Waals surface area contributed by atoms with Crippen LogP contribution in [0.15, 0.2) is 54.6 Å². The van der Waals surface area contributed by atoms with E-state index in [0.717, 1.165) is 56.1 Å². The first-order valence-corrected chi connectivity index (χ1v) is 12.0. The number of aromatic amines is 1. The topological polar surface area (TPSA) is 48.1 Å². The lowest BCUT2D eigenvalue weighted by molar-refractivity contribution is 0.0847. The van der Waals surface area contributed by atoms with Crippen molar-refractivity contribution in [3.8, 4) is 0 Å². The summed E-state index contributed by atoms with van der Waals surface area (Å²) in [6.07, 6.45) is 7.89. The largest absolute Gasteiger partial charge is 0.351 e. The lowest BCUT2D eigenvalue weighted by Crippen LogP contribution is -2.46. The molecule has 1 saturated heterocycles. The van der Waals surface area contributed by atoms with Crippen LogP contribution in [0, 0.1) is 11.7 Å². The summed E-state index contributed by atoms with van der Waals surface area (Å²) in [7, 11) is 0. The molecule has 1 amide bonds. The number of hydrogen-bond acceptors (Lipinski definition) is 2. The molecule has 5 heteroatoms. The highest BCUT2D eigenvalue weighted by atomic mass is 19.1. The van der Waals surface area contributed by atoms with Crippen LogP contribution in [0.3, 0.4) is 0 Å². The van der Waals surface area contributed by atoms with Crippen LogP contribution < -0.4 is 5.32 Å². The molecule has 2 aromatic carbocycles. The van der Waals surface area contributed by atoms with Gasteiger partial charge in [-0.1, -0.05) is 30.3 Å². The van der Waals surface area contributed by atoms with Gasteiger partial charge in [0.2, 0.25) is 0 Å². The van der Waals surface area contributed by atoms with Crippen molar-refractivity contribution in [2.24, 2.45) is 5.92 Å². The number of H-pyrrole nitrogens is 1. The summed E-state index contributed by atoms with van der Waals surface area (Å²) < 4.78 is 13.1. The van der Waals surface area contributed by atoms with Gasteiger partial charge in [0, 0.05) is 23.0 Å². The van der Waals surface area contributed by atoms with Crippen molar-refractivity contribution in [3.63, 3.8) is 0 Å². The van der Waals surface area contributed by atoms with Crippen molar-refractivity contribution in [2.45, 2.75) is 57.0 Å². The molecule has 5 rings (SSSR count). The van der Waals surface area contributed by atoms with Gasteiger partial charge < -0.3 is 15.2 Å². The van der Waals surface area contributed by atoms with E-state index in [1.54, 1.807) is 12.1 Å². The second kappa shape index (κ2) is 9.45. The second-order valence-electron chi connectivity index (χ2n) is 9.56. The van der Waals surface area contributed by atoms with Crippen molar-refractivity contribution < 1.29 is 9.18 Å². The minimum absolute atomic E-state index is 0.00579. The number of fused-ring (bicyclic) bond motifs is 1. The molecule has 2 fully saturated rings. The average molecular weight is 434 g/mol. The maximum Gasteiger partial charge on any atom is 0.267 e. The van der Waals surface area contributed by atoms with Crippen LogP contribution >= 0.6 is 0 Å². The first kappa shape index (κ1) is 21.2. The van der Waals surface area contributed by atoms with Crippen LogP contribution in [0.1, 0.15) is 54.6 Å². The molecule has 1 aliphatic heterocycles. The molecule has 0 atom stereocenters. The Morgan fingerprint density at radius 1 is 0.969 bits per heavy atom. The average Bonchev–Trinajstić information content (AvgIpc) is 3.26. The molecule has 2 aliphatic rings. The van der Waals surface area contributed by atoms with Gasteiger partial charge in [-0.25, -0.2) is 4.39 Å². The van der Waals surface area contributed by atoms with Crippen molar-refractivity contribution in [1.29, 1.82) is 0 Å². The fourth-order valence-electron chi connectivity index (χ4n) is 5.52. The Balaban J connectivity index is 1.07. The lowest BCUT2D eigenvalue weighted by Gasteiger charge is -2.41. The molecule has 2 heterocycles. The minimum Gasteiger partial charge on any atom is -0.351 e. The Morgan fingerprint density at radius 3 is 2.41 bits per heavy atom. The molecule has 0 unspecified atom stereocenters. The van der Waals surface area contributed by atoms with Crippen LogP contribution in [0.4, 0.5) is 4.39 Å². The number of carbonyl (C=O) groups is 1. The Bertz CT molecular complexity index is 1010. The summed E-state index contributed by atoms with van der Waals surface area (Å²) in [5, 5.41) is 4.32. The zero-order valence-corrected chi connectivity index (χ0v) is 18.5. The van der Waals surface area contributed by atoms with E-state index in [-0.39, 0.29) is 17.8 Å². The van der Waals surface area contributed by atoms with Gasteiger partial charge in [0.05, 0.1) is 0 Å². The fourth-order valence-corrected chi connectivity index (χ4v) is 5.52. The number of aromatic nitrogens is 1. The van der Waals surface area contributed by atoms with E-state index in [4.69, 9.17) is 0 Å². The highest BCUT2D eigenvalue weighted by Crippen LogP contribution is 2.29. The van der Waals surface area contributed by atoms with Crippen LogP contribution in [0.2, 0.25) is 0 Å². The Labute approximate surface area is 189 Å². The molecule has 0 spiro atoms. The monoisotopic (exact) mass is 433 g/mol. The molecule has 4 nitrogen and oxygen atoms in total. The van der Waals surface area contributed by atoms with E-state index < -0.39 is 0 Å². The highest BCUT2D eigenvalue weighted by molar-refractivity contribution is 5.98. The third kappa shape index (κ3) is 4.88. The van der Waals surface area contributed by atoms with Crippen molar-refractivity contribution in [3.05, 3.63) is 71.7 Å². The van der Waals surface area contributed by atoms with E-state index in [1.165, 1.54) is 18.4 Å². The number of nitrogens with zero attached hydrogens (tertiary/aromatic N) is 1. The predicted molar refractivity (Wildman–Crippen MR) is 126 cm³/mol. The minimum atomic E-state index is -0.156. The summed E-state index contributed by atoms with van der Waals surface area (Å²) in [4.78, 5) is 18.6. The van der Waals surface area contributed by atoms with Crippen molar-refractivity contribution in [2.75, 3.05) is 13.1 Å². The van der Waals surface area contributed by atoms with Gasteiger partial charge >= 0.3 is 0 Å². The number of halogens is 1. The Kier molecular flexibility index (Phi) is 6.26. The molecule has 1 saturated carbocycles. The SMILES string of the molecule is O=C(NC1CCC(N2CCC(Cc3ccc(F)cc3)CC2)CC1)c1cc2ccccc2[nH]1. The number of para-hydroxylation sites is 1. The number of rotatable bonds is 5. The lowest BCUT2D eigenvalue weighted by atomic mass is 9.86. The van der Waals surface area contributed by atoms with Crippen molar-refractivity contribution in [1.82, 2.24) is 15.2 Å². The van der Waals surface area contributed by atoms with Gasteiger partial charge in [0.25, 0.3) is 5.91 Å². The van der Waals surface area contributed by atoms with Gasteiger partial charge in [-0.2, -0.15) is 0 Å². The van der Waals surface area contributed by atoms with E-state index in [2.05, 4.69) is 15.2 Å². The highest BCUT2D eigenvalue weighted by Gasteiger charge is 2.29. The molecule has 32 heavy (non-hydrogen) atoms. The van der Waals surface area contributed by atoms with Gasteiger partial charge in [-0.3, -0.25) is 4.79 Å². The molecule has 0 bridgehead atoms. The number of carbonyl (C=O) groups excluding carboxylic acids is 1. The van der Waals surface area contributed by atoms with Gasteiger partial charge in [-0.15, -0.1) is 0 Å². The smallest absolute Gasteiger partial charge is 0.267 e. The fraction of sp³-hybridized carbons (Fsp3) is 0.444. The van der Waals surface area contributed by atoms with Crippen LogP contribution in [-0.2, 0) is 6.42 Å². The van der Waals surface area contributed by atoms with Gasteiger partial charge in [-0.05, 0) is 93.8 Å². The molecular formula is C27H32FN3O. The Morgan fingerprint density at radius 2 is 1.69 bits per heavy atom. The quantitative estimate of drug-likeness (QED) is 0.573. The Hall–Kier alpha value is -2.66. The number of piperidine rings is 1. The first-order valence-electron chi connectivity index (χ1n) is 12.0. The second-order valence-corrected chi connectivity index (χ2v) is 9.56. The number of likely N-dealkylation sites (tertiary alicyclic amines) is 1. The summed E-state index contributed by atoms with van der Waals surface area (Å²) in [6.45, 7) is 2.31. The van der Waals surface area contributed by atoms with Gasteiger partial charge in [0.15, 0.2) is 0 Å². The zero-order chi connectivity index (χ0) is 21.9. The third-order valence-corrected chi connectivity index (χ3v) is 7.41. The molecule has 2 N–H and O–H groups in total. The molecular weight excluding hydrogens is 401 g/mol. The molecule has 1 aliphatic carbocycles. The van der Waals surface area contributed by atoms with E-state index in [9.17, 15) is 9.18 Å².